The molecule has 3 rings (SSSR count). The van der Waals surface area contributed by atoms with Crippen LogP contribution in [0.15, 0.2) is 41.4 Å². The third-order valence-corrected chi connectivity index (χ3v) is 5.42. The number of aryl methyl sites for hydroxylation is 3. The zero-order valence-electron chi connectivity index (χ0n) is 15.2. The average molecular weight is 392 g/mol. The second kappa shape index (κ2) is 7.31. The van der Waals surface area contributed by atoms with E-state index in [9.17, 15) is 18.0 Å². The Hall–Kier alpha value is -2.41. The number of rotatable bonds is 3. The molecule has 1 aromatic heterocycles. The van der Waals surface area contributed by atoms with Crippen molar-refractivity contribution in [3.8, 4) is 0 Å². The Morgan fingerprint density at radius 3 is 2.52 bits per heavy atom. The van der Waals surface area contributed by atoms with Gasteiger partial charge in [-0.2, -0.15) is 18.2 Å². The molecule has 0 fully saturated rings. The summed E-state index contributed by atoms with van der Waals surface area (Å²) < 4.78 is 41.6. The van der Waals surface area contributed by atoms with E-state index in [1.807, 2.05) is 25.3 Å². The molecule has 142 valence electrons. The maximum Gasteiger partial charge on any atom is 0.416 e. The molecule has 0 N–H and O–H groups in total. The maximum atomic E-state index is 12.9. The van der Waals surface area contributed by atoms with E-state index in [4.69, 9.17) is 0 Å². The largest absolute Gasteiger partial charge is 0.416 e. The van der Waals surface area contributed by atoms with E-state index in [0.717, 1.165) is 39.9 Å². The first-order chi connectivity index (χ1) is 12.7. The third kappa shape index (κ3) is 3.98. The molecular formula is C20H19F3N2OS. The molecule has 0 atom stereocenters. The van der Waals surface area contributed by atoms with Crippen molar-refractivity contribution >= 4 is 27.5 Å². The molecule has 27 heavy (non-hydrogen) atoms. The van der Waals surface area contributed by atoms with Gasteiger partial charge in [0.1, 0.15) is 0 Å². The van der Waals surface area contributed by atoms with Crippen molar-refractivity contribution in [1.82, 2.24) is 4.57 Å². The van der Waals surface area contributed by atoms with Gasteiger partial charge in [-0.15, -0.1) is 0 Å². The van der Waals surface area contributed by atoms with Gasteiger partial charge in [0.2, 0.25) is 0 Å². The van der Waals surface area contributed by atoms with Crippen LogP contribution in [0.5, 0.6) is 0 Å². The van der Waals surface area contributed by atoms with Crippen LogP contribution < -0.4 is 4.80 Å². The summed E-state index contributed by atoms with van der Waals surface area (Å²) >= 11 is 1.37. The second-order valence-electron chi connectivity index (χ2n) is 6.44. The summed E-state index contributed by atoms with van der Waals surface area (Å²) in [5.74, 6) is -0.675. The van der Waals surface area contributed by atoms with Crippen LogP contribution >= 0.6 is 11.3 Å². The van der Waals surface area contributed by atoms with Crippen molar-refractivity contribution in [2.75, 3.05) is 0 Å². The van der Waals surface area contributed by atoms with Crippen LogP contribution in [-0.2, 0) is 12.7 Å². The third-order valence-electron chi connectivity index (χ3n) is 4.38. The molecule has 0 radical (unpaired) electrons. The second-order valence-corrected chi connectivity index (χ2v) is 7.45. The summed E-state index contributed by atoms with van der Waals surface area (Å²) in [6, 6.07) is 8.48. The van der Waals surface area contributed by atoms with Gasteiger partial charge in [-0.3, -0.25) is 4.79 Å². The first kappa shape index (κ1) is 19.4. The molecule has 1 heterocycles. The van der Waals surface area contributed by atoms with Crippen LogP contribution in [0.3, 0.4) is 0 Å². The highest BCUT2D eigenvalue weighted by Crippen LogP contribution is 2.29. The predicted molar refractivity (Wildman–Crippen MR) is 101 cm³/mol. The predicted octanol–water partition coefficient (Wildman–Crippen LogP) is 5.49. The normalized spacial score (nSPS) is 12.7. The van der Waals surface area contributed by atoms with Crippen LogP contribution in [0.4, 0.5) is 13.2 Å². The number of aromatic nitrogens is 1. The first-order valence-electron chi connectivity index (χ1n) is 8.57. The lowest BCUT2D eigenvalue weighted by Crippen LogP contribution is -2.17. The fourth-order valence-corrected chi connectivity index (χ4v) is 3.96. The summed E-state index contributed by atoms with van der Waals surface area (Å²) in [4.78, 5) is 17.2. The molecule has 2 aromatic carbocycles. The van der Waals surface area contributed by atoms with Crippen LogP contribution in [0.25, 0.3) is 10.2 Å². The molecule has 0 saturated heterocycles. The van der Waals surface area contributed by atoms with Gasteiger partial charge >= 0.3 is 6.18 Å². The Morgan fingerprint density at radius 2 is 1.85 bits per heavy atom. The Labute approximate surface area is 158 Å². The van der Waals surface area contributed by atoms with Gasteiger partial charge in [0.15, 0.2) is 4.80 Å². The Kier molecular flexibility index (Phi) is 5.24. The molecule has 0 unspecified atom stereocenters. The van der Waals surface area contributed by atoms with E-state index >= 15 is 0 Å². The van der Waals surface area contributed by atoms with Gasteiger partial charge < -0.3 is 4.57 Å². The number of halogens is 3. The zero-order valence-corrected chi connectivity index (χ0v) is 16.0. The van der Waals surface area contributed by atoms with Gasteiger partial charge in [0.05, 0.1) is 15.8 Å². The smallest absolute Gasteiger partial charge is 0.316 e. The van der Waals surface area contributed by atoms with Gasteiger partial charge in [-0.1, -0.05) is 24.3 Å². The highest BCUT2D eigenvalue weighted by Gasteiger charge is 2.30. The molecule has 3 aromatic rings. The lowest BCUT2D eigenvalue weighted by atomic mass is 10.1. The molecule has 0 aliphatic carbocycles. The van der Waals surface area contributed by atoms with Gasteiger partial charge in [0, 0.05) is 12.1 Å². The lowest BCUT2D eigenvalue weighted by molar-refractivity contribution is -0.137. The molecule has 0 aliphatic heterocycles. The van der Waals surface area contributed by atoms with Crippen molar-refractivity contribution in [2.45, 2.75) is 39.9 Å². The highest BCUT2D eigenvalue weighted by atomic mass is 32.1. The van der Waals surface area contributed by atoms with Gasteiger partial charge in [0.25, 0.3) is 5.91 Å². The number of hydrogen-bond acceptors (Lipinski definition) is 2. The molecule has 0 bridgehead atoms. The van der Waals surface area contributed by atoms with Crippen LogP contribution in [0.1, 0.15) is 40.4 Å². The number of thiazole rings is 1. The topological polar surface area (TPSA) is 34.4 Å². The number of carbonyl (C=O) groups excluding carboxylic acids is 1. The summed E-state index contributed by atoms with van der Waals surface area (Å²) in [6.07, 6.45) is -3.64. The van der Waals surface area contributed by atoms with Crippen molar-refractivity contribution in [3.63, 3.8) is 0 Å². The number of benzene rings is 2. The summed E-state index contributed by atoms with van der Waals surface area (Å²) in [7, 11) is 0. The van der Waals surface area contributed by atoms with Crippen molar-refractivity contribution in [3.05, 3.63) is 63.5 Å². The minimum absolute atomic E-state index is 0.0716. The highest BCUT2D eigenvalue weighted by molar-refractivity contribution is 7.16. The lowest BCUT2D eigenvalue weighted by Gasteiger charge is -2.07. The SMILES string of the molecule is CCCn1c(=NC(=O)c2cccc(C(F)(F)F)c2)sc2cc(C)c(C)cc21. The Bertz CT molecular complexity index is 1080. The number of fused-ring (bicyclic) bond motifs is 1. The first-order valence-corrected chi connectivity index (χ1v) is 9.39. The molecule has 3 nitrogen and oxygen atoms in total. The van der Waals surface area contributed by atoms with Gasteiger partial charge in [-0.25, -0.2) is 0 Å². The van der Waals surface area contributed by atoms with E-state index in [0.29, 0.717) is 11.3 Å². The zero-order chi connectivity index (χ0) is 19.8. The van der Waals surface area contributed by atoms with E-state index in [2.05, 4.69) is 17.1 Å². The maximum absolute atomic E-state index is 12.9. The number of hydrogen-bond donors (Lipinski definition) is 0. The fraction of sp³-hybridized carbons (Fsp3) is 0.300. The van der Waals surface area contributed by atoms with Gasteiger partial charge in [-0.05, 0) is 61.7 Å². The van der Waals surface area contributed by atoms with Crippen molar-refractivity contribution in [2.24, 2.45) is 4.99 Å². The minimum Gasteiger partial charge on any atom is -0.316 e. The monoisotopic (exact) mass is 392 g/mol. The Morgan fingerprint density at radius 1 is 1.15 bits per heavy atom. The quantitative estimate of drug-likeness (QED) is 0.580. The molecule has 1 amide bonds. The number of carbonyl (C=O) groups is 1. The standard InChI is InChI=1S/C20H19F3N2OS/c1-4-8-25-16-9-12(2)13(3)10-17(16)27-19(25)24-18(26)14-6-5-7-15(11-14)20(21,22)23/h5-7,9-11H,4,8H2,1-3H3. The van der Waals surface area contributed by atoms with E-state index in [1.165, 1.54) is 23.5 Å². The molecular weight excluding hydrogens is 373 g/mol. The summed E-state index contributed by atoms with van der Waals surface area (Å²) in [5, 5.41) is 0. The molecule has 0 aliphatic rings. The average Bonchev–Trinajstić information content (AvgIpc) is 2.91. The van der Waals surface area contributed by atoms with Crippen LogP contribution in [0, 0.1) is 13.8 Å². The summed E-state index contributed by atoms with van der Waals surface area (Å²) in [6.45, 7) is 6.74. The van der Waals surface area contributed by atoms with Crippen molar-refractivity contribution in [1.29, 1.82) is 0 Å². The van der Waals surface area contributed by atoms with Crippen LogP contribution in [-0.4, -0.2) is 10.5 Å². The number of alkyl halides is 3. The fourth-order valence-electron chi connectivity index (χ4n) is 2.83. The molecule has 0 saturated carbocycles. The molecule has 7 heteroatoms. The Balaban J connectivity index is 2.12. The van der Waals surface area contributed by atoms with E-state index in [-0.39, 0.29) is 5.56 Å². The number of nitrogens with zero attached hydrogens (tertiary/aromatic N) is 2. The van der Waals surface area contributed by atoms with Crippen molar-refractivity contribution < 1.29 is 18.0 Å². The van der Waals surface area contributed by atoms with E-state index in [1.54, 1.807) is 0 Å². The molecule has 0 spiro atoms. The van der Waals surface area contributed by atoms with E-state index < -0.39 is 17.6 Å². The van der Waals surface area contributed by atoms with Crippen LogP contribution in [0.2, 0.25) is 0 Å². The minimum atomic E-state index is -4.49. The summed E-state index contributed by atoms with van der Waals surface area (Å²) in [5.41, 5.74) is 2.34. The number of amides is 1.